The molecule has 0 aliphatic heterocycles. The van der Waals surface area contributed by atoms with Gasteiger partial charge < -0.3 is 14.9 Å². The van der Waals surface area contributed by atoms with Gasteiger partial charge in [-0.1, -0.05) is 0 Å². The smallest absolute Gasteiger partial charge is 0.313 e. The Bertz CT molecular complexity index is 387. The zero-order valence-electron chi connectivity index (χ0n) is 8.58. The van der Waals surface area contributed by atoms with E-state index in [4.69, 9.17) is 14.9 Å². The fourth-order valence-corrected chi connectivity index (χ4v) is 1.21. The Morgan fingerprint density at radius 2 is 2.12 bits per heavy atom. The summed E-state index contributed by atoms with van der Waals surface area (Å²) in [5, 5.41) is 17.4. The van der Waals surface area contributed by atoms with E-state index in [2.05, 4.69) is 4.98 Å². The second kappa shape index (κ2) is 5.11. The predicted molar refractivity (Wildman–Crippen MR) is 53.4 cm³/mol. The molecule has 1 rings (SSSR count). The average molecular weight is 225 g/mol. The lowest BCUT2D eigenvalue weighted by atomic mass is 10.0. The third-order valence-corrected chi connectivity index (χ3v) is 2.03. The van der Waals surface area contributed by atoms with E-state index >= 15 is 0 Å². The monoisotopic (exact) mass is 225 g/mol. The molecule has 16 heavy (non-hydrogen) atoms. The lowest BCUT2D eigenvalue weighted by Gasteiger charge is -2.09. The molecular weight excluding hydrogens is 214 g/mol. The number of carboxylic acid groups (broad SMARTS) is 2. The number of hydrogen-bond donors (Lipinski definition) is 2. The molecule has 0 bridgehead atoms. The summed E-state index contributed by atoms with van der Waals surface area (Å²) in [4.78, 5) is 25.2. The van der Waals surface area contributed by atoms with Gasteiger partial charge in [0.15, 0.2) is 0 Å². The van der Waals surface area contributed by atoms with Gasteiger partial charge in [-0.2, -0.15) is 0 Å². The molecular formula is C10H11NO5. The minimum absolute atomic E-state index is 0.204. The van der Waals surface area contributed by atoms with E-state index < -0.39 is 24.3 Å². The number of ether oxygens (including phenoxy) is 1. The molecule has 6 nitrogen and oxygen atoms in total. The summed E-state index contributed by atoms with van der Waals surface area (Å²) in [6.07, 6.45) is 0.863. The third kappa shape index (κ3) is 2.94. The van der Waals surface area contributed by atoms with Crippen molar-refractivity contribution in [2.24, 2.45) is 0 Å². The highest BCUT2D eigenvalue weighted by molar-refractivity contribution is 5.81. The molecule has 0 radical (unpaired) electrons. The van der Waals surface area contributed by atoms with Crippen molar-refractivity contribution in [1.29, 1.82) is 0 Å². The SMILES string of the molecule is COc1ccc(C(CC(=O)O)C(=O)O)nc1. The zero-order chi connectivity index (χ0) is 12.1. The molecule has 1 aromatic heterocycles. The van der Waals surface area contributed by atoms with Gasteiger partial charge in [-0.3, -0.25) is 14.6 Å². The van der Waals surface area contributed by atoms with Crippen LogP contribution in [0.5, 0.6) is 5.75 Å². The number of carboxylic acids is 2. The Labute approximate surface area is 91.5 Å². The van der Waals surface area contributed by atoms with E-state index in [-0.39, 0.29) is 5.69 Å². The maximum absolute atomic E-state index is 10.9. The van der Waals surface area contributed by atoms with Crippen LogP contribution >= 0.6 is 0 Å². The first-order valence-corrected chi connectivity index (χ1v) is 4.49. The first-order chi connectivity index (χ1) is 7.54. The number of carbonyl (C=O) groups is 2. The Balaban J connectivity index is 2.92. The van der Waals surface area contributed by atoms with Crippen molar-refractivity contribution in [3.8, 4) is 5.75 Å². The van der Waals surface area contributed by atoms with Crippen molar-refractivity contribution >= 4 is 11.9 Å². The van der Waals surface area contributed by atoms with Crippen molar-refractivity contribution < 1.29 is 24.5 Å². The summed E-state index contributed by atoms with van der Waals surface area (Å²) in [6.45, 7) is 0. The van der Waals surface area contributed by atoms with Crippen LogP contribution in [0.25, 0.3) is 0 Å². The van der Waals surface area contributed by atoms with Gasteiger partial charge in [0.25, 0.3) is 0 Å². The highest BCUT2D eigenvalue weighted by Gasteiger charge is 2.24. The van der Waals surface area contributed by atoms with Crippen LogP contribution in [0.3, 0.4) is 0 Å². The third-order valence-electron chi connectivity index (χ3n) is 2.03. The van der Waals surface area contributed by atoms with Crippen LogP contribution in [-0.2, 0) is 9.59 Å². The van der Waals surface area contributed by atoms with E-state index in [1.807, 2.05) is 0 Å². The normalized spacial score (nSPS) is 11.8. The van der Waals surface area contributed by atoms with E-state index in [0.717, 1.165) is 0 Å². The van der Waals surface area contributed by atoms with Crippen molar-refractivity contribution in [3.05, 3.63) is 24.0 Å². The number of aromatic nitrogens is 1. The Morgan fingerprint density at radius 1 is 1.44 bits per heavy atom. The molecule has 1 unspecified atom stereocenters. The van der Waals surface area contributed by atoms with Gasteiger partial charge in [-0.05, 0) is 12.1 Å². The van der Waals surface area contributed by atoms with Gasteiger partial charge in [0.05, 0.1) is 25.4 Å². The van der Waals surface area contributed by atoms with Crippen LogP contribution in [0, 0.1) is 0 Å². The topological polar surface area (TPSA) is 96.7 Å². The molecule has 0 aliphatic rings. The van der Waals surface area contributed by atoms with E-state index in [1.54, 1.807) is 6.07 Å². The molecule has 0 saturated heterocycles. The van der Waals surface area contributed by atoms with Gasteiger partial charge in [0.1, 0.15) is 11.7 Å². The van der Waals surface area contributed by atoms with Crippen LogP contribution in [-0.4, -0.2) is 34.2 Å². The summed E-state index contributed by atoms with van der Waals surface area (Å²) < 4.78 is 4.86. The van der Waals surface area contributed by atoms with Crippen LogP contribution in [0.2, 0.25) is 0 Å². The van der Waals surface area contributed by atoms with Crippen LogP contribution in [0.1, 0.15) is 18.0 Å². The first kappa shape index (κ1) is 12.0. The minimum atomic E-state index is -1.21. The maximum atomic E-state index is 10.9. The van der Waals surface area contributed by atoms with Crippen molar-refractivity contribution in [3.63, 3.8) is 0 Å². The zero-order valence-corrected chi connectivity index (χ0v) is 8.58. The van der Waals surface area contributed by atoms with Crippen LogP contribution < -0.4 is 4.74 Å². The molecule has 0 fully saturated rings. The summed E-state index contributed by atoms with van der Waals surface area (Å²) in [5.74, 6) is -3.03. The summed E-state index contributed by atoms with van der Waals surface area (Å²) in [6, 6.07) is 2.99. The highest BCUT2D eigenvalue weighted by atomic mass is 16.5. The maximum Gasteiger partial charge on any atom is 0.313 e. The first-order valence-electron chi connectivity index (χ1n) is 4.49. The summed E-state index contributed by atoms with van der Waals surface area (Å²) in [5.41, 5.74) is 0.204. The fourth-order valence-electron chi connectivity index (χ4n) is 1.21. The molecule has 6 heteroatoms. The van der Waals surface area contributed by atoms with Crippen molar-refractivity contribution in [2.45, 2.75) is 12.3 Å². The van der Waals surface area contributed by atoms with Crippen molar-refractivity contribution in [1.82, 2.24) is 4.98 Å². The van der Waals surface area contributed by atoms with Crippen LogP contribution in [0.4, 0.5) is 0 Å². The number of nitrogens with zero attached hydrogens (tertiary/aromatic N) is 1. The minimum Gasteiger partial charge on any atom is -0.495 e. The van der Waals surface area contributed by atoms with Gasteiger partial charge in [0, 0.05) is 0 Å². The van der Waals surface area contributed by atoms with Gasteiger partial charge >= 0.3 is 11.9 Å². The molecule has 0 aromatic carbocycles. The molecule has 1 atom stereocenters. The molecule has 0 saturated carbocycles. The molecule has 2 N–H and O–H groups in total. The average Bonchev–Trinajstić information content (AvgIpc) is 2.25. The predicted octanol–water partition coefficient (Wildman–Crippen LogP) is 0.733. The van der Waals surface area contributed by atoms with E-state index in [0.29, 0.717) is 5.75 Å². The molecule has 1 heterocycles. The van der Waals surface area contributed by atoms with Gasteiger partial charge in [-0.25, -0.2) is 0 Å². The second-order valence-electron chi connectivity index (χ2n) is 3.11. The van der Waals surface area contributed by atoms with Gasteiger partial charge in [-0.15, -0.1) is 0 Å². The van der Waals surface area contributed by atoms with E-state index in [9.17, 15) is 9.59 Å². The van der Waals surface area contributed by atoms with E-state index in [1.165, 1.54) is 19.4 Å². The van der Waals surface area contributed by atoms with Gasteiger partial charge in [0.2, 0.25) is 0 Å². The fraction of sp³-hybridized carbons (Fsp3) is 0.300. The molecule has 0 amide bonds. The number of rotatable bonds is 5. The number of pyridine rings is 1. The Morgan fingerprint density at radius 3 is 2.50 bits per heavy atom. The molecule has 1 aromatic rings. The molecule has 86 valence electrons. The van der Waals surface area contributed by atoms with Crippen molar-refractivity contribution in [2.75, 3.05) is 7.11 Å². The molecule has 0 aliphatic carbocycles. The lowest BCUT2D eigenvalue weighted by Crippen LogP contribution is -2.17. The summed E-state index contributed by atoms with van der Waals surface area (Å²) in [7, 11) is 1.46. The molecule has 0 spiro atoms. The van der Waals surface area contributed by atoms with Crippen LogP contribution in [0.15, 0.2) is 18.3 Å². The summed E-state index contributed by atoms with van der Waals surface area (Å²) >= 11 is 0. The number of hydrogen-bond acceptors (Lipinski definition) is 4. The standard InChI is InChI=1S/C10H11NO5/c1-16-6-2-3-8(11-5-6)7(10(14)15)4-9(12)13/h2-3,5,7H,4H2,1H3,(H,12,13)(H,14,15). The lowest BCUT2D eigenvalue weighted by molar-refractivity contribution is -0.145. The number of methoxy groups -OCH3 is 1. The second-order valence-corrected chi connectivity index (χ2v) is 3.11. The number of aliphatic carboxylic acids is 2. The quantitative estimate of drug-likeness (QED) is 0.766. The Kier molecular flexibility index (Phi) is 3.82. The Hall–Kier alpha value is -2.11. The largest absolute Gasteiger partial charge is 0.495 e. The highest BCUT2D eigenvalue weighted by Crippen LogP contribution is 2.20.